The molecule has 0 saturated heterocycles. The first-order chi connectivity index (χ1) is 10.0. The molecule has 21 heavy (non-hydrogen) atoms. The quantitative estimate of drug-likeness (QED) is 0.640. The third-order valence-electron chi connectivity index (χ3n) is 4.48. The van der Waals surface area contributed by atoms with Crippen molar-refractivity contribution in [2.45, 2.75) is 45.6 Å². The Morgan fingerprint density at radius 3 is 2.62 bits per heavy atom. The van der Waals surface area contributed by atoms with Gasteiger partial charge < -0.3 is 9.84 Å². The van der Waals surface area contributed by atoms with Crippen molar-refractivity contribution in [2.75, 3.05) is 7.11 Å². The Bertz CT molecular complexity index is 519. The summed E-state index contributed by atoms with van der Waals surface area (Å²) in [6.07, 6.45) is 7.01. The van der Waals surface area contributed by atoms with Gasteiger partial charge in [0, 0.05) is 19.2 Å². The van der Waals surface area contributed by atoms with E-state index < -0.39 is 17.4 Å². The lowest BCUT2D eigenvalue weighted by Gasteiger charge is -2.32. The van der Waals surface area contributed by atoms with Crippen LogP contribution in [0.1, 0.15) is 38.2 Å². The molecule has 1 saturated carbocycles. The number of methoxy groups -OCH3 is 1. The van der Waals surface area contributed by atoms with Crippen LogP contribution in [0, 0.1) is 11.3 Å². The number of carboxylic acids is 1. The molecule has 1 atom stereocenters. The highest BCUT2D eigenvalue weighted by atomic mass is 16.5. The molecule has 6 nitrogen and oxygen atoms in total. The summed E-state index contributed by atoms with van der Waals surface area (Å²) >= 11 is 0. The van der Waals surface area contributed by atoms with Crippen molar-refractivity contribution in [1.82, 2.24) is 9.78 Å². The summed E-state index contributed by atoms with van der Waals surface area (Å²) in [6, 6.07) is 0. The minimum absolute atomic E-state index is 0.139. The van der Waals surface area contributed by atoms with Crippen molar-refractivity contribution in [2.24, 2.45) is 11.3 Å². The number of esters is 1. The van der Waals surface area contributed by atoms with E-state index in [0.29, 0.717) is 6.54 Å². The fourth-order valence-electron chi connectivity index (χ4n) is 3.31. The number of hydrogen-bond acceptors (Lipinski definition) is 4. The normalized spacial score (nSPS) is 18.4. The summed E-state index contributed by atoms with van der Waals surface area (Å²) in [5.41, 5.74) is -0.733. The molecule has 1 N–H and O–H groups in total. The zero-order valence-corrected chi connectivity index (χ0v) is 12.5. The van der Waals surface area contributed by atoms with E-state index in [1.165, 1.54) is 7.11 Å². The number of hydrogen-bond donors (Lipinski definition) is 1. The van der Waals surface area contributed by atoms with Crippen LogP contribution in [0.5, 0.6) is 0 Å². The smallest absolute Gasteiger partial charge is 0.323 e. The molecule has 6 heteroatoms. The van der Waals surface area contributed by atoms with E-state index in [4.69, 9.17) is 4.74 Å². The molecule has 0 bridgehead atoms. The summed E-state index contributed by atoms with van der Waals surface area (Å²) in [6.45, 7) is 2.67. The first-order valence-corrected chi connectivity index (χ1v) is 7.37. The molecule has 1 aromatic heterocycles. The maximum Gasteiger partial charge on any atom is 0.323 e. The van der Waals surface area contributed by atoms with Crippen molar-refractivity contribution in [3.63, 3.8) is 0 Å². The minimum Gasteiger partial charge on any atom is -0.480 e. The van der Waals surface area contributed by atoms with Gasteiger partial charge in [-0.05, 0) is 31.2 Å². The molecular formula is C15H22N2O4. The first-order valence-electron chi connectivity index (χ1n) is 7.37. The van der Waals surface area contributed by atoms with Crippen LogP contribution in [0.25, 0.3) is 0 Å². The van der Waals surface area contributed by atoms with Gasteiger partial charge >= 0.3 is 11.9 Å². The van der Waals surface area contributed by atoms with E-state index in [1.54, 1.807) is 17.1 Å². The van der Waals surface area contributed by atoms with Crippen molar-refractivity contribution >= 4 is 11.9 Å². The minimum atomic E-state index is -1.49. The summed E-state index contributed by atoms with van der Waals surface area (Å²) in [5, 5.41) is 13.9. The van der Waals surface area contributed by atoms with E-state index >= 15 is 0 Å². The van der Waals surface area contributed by atoms with Crippen molar-refractivity contribution in [3.8, 4) is 0 Å². The SMILES string of the molecule is CCn1cc(CC(C(=O)O)(C(=O)OC)C2CCCC2)cn1. The summed E-state index contributed by atoms with van der Waals surface area (Å²) < 4.78 is 6.58. The summed E-state index contributed by atoms with van der Waals surface area (Å²) in [5.74, 6) is -1.91. The van der Waals surface area contributed by atoms with Gasteiger partial charge in [-0.3, -0.25) is 14.3 Å². The number of rotatable bonds is 6. The molecular weight excluding hydrogens is 272 g/mol. The number of carboxylic acid groups (broad SMARTS) is 1. The van der Waals surface area contributed by atoms with Crippen LogP contribution in [0.4, 0.5) is 0 Å². The zero-order chi connectivity index (χ0) is 15.5. The van der Waals surface area contributed by atoms with Crippen molar-refractivity contribution < 1.29 is 19.4 Å². The van der Waals surface area contributed by atoms with E-state index in [2.05, 4.69) is 5.10 Å². The largest absolute Gasteiger partial charge is 0.480 e. The summed E-state index contributed by atoms with van der Waals surface area (Å²) in [7, 11) is 1.25. The third kappa shape index (κ3) is 2.80. The van der Waals surface area contributed by atoms with Gasteiger partial charge in [0.15, 0.2) is 5.41 Å². The van der Waals surface area contributed by atoms with Gasteiger partial charge in [0.2, 0.25) is 0 Å². The molecule has 1 aromatic rings. The molecule has 0 radical (unpaired) electrons. The lowest BCUT2D eigenvalue weighted by Crippen LogP contribution is -2.47. The molecule has 1 aliphatic carbocycles. The predicted octanol–water partition coefficient (Wildman–Crippen LogP) is 1.88. The second kappa shape index (κ2) is 6.28. The highest BCUT2D eigenvalue weighted by molar-refractivity contribution is 5.99. The lowest BCUT2D eigenvalue weighted by molar-refractivity contribution is -0.171. The van der Waals surface area contributed by atoms with Crippen LogP contribution in [0.3, 0.4) is 0 Å². The molecule has 0 amide bonds. The second-order valence-corrected chi connectivity index (χ2v) is 5.63. The average molecular weight is 294 g/mol. The van der Waals surface area contributed by atoms with E-state index in [0.717, 1.165) is 31.2 Å². The Morgan fingerprint density at radius 1 is 1.48 bits per heavy atom. The highest BCUT2D eigenvalue weighted by Crippen LogP contribution is 2.43. The van der Waals surface area contributed by atoms with Crippen LogP contribution >= 0.6 is 0 Å². The fourth-order valence-corrected chi connectivity index (χ4v) is 3.31. The van der Waals surface area contributed by atoms with Gasteiger partial charge in [0.1, 0.15) is 0 Å². The van der Waals surface area contributed by atoms with Crippen LogP contribution in [-0.4, -0.2) is 33.9 Å². The zero-order valence-electron chi connectivity index (χ0n) is 12.5. The van der Waals surface area contributed by atoms with Gasteiger partial charge in [-0.2, -0.15) is 5.10 Å². The number of nitrogens with zero attached hydrogens (tertiary/aromatic N) is 2. The number of aromatic nitrogens is 2. The molecule has 0 aromatic carbocycles. The number of carbonyl (C=O) groups is 2. The molecule has 116 valence electrons. The van der Waals surface area contributed by atoms with Gasteiger partial charge in [0.25, 0.3) is 0 Å². The molecule has 1 fully saturated rings. The number of aliphatic carboxylic acids is 1. The van der Waals surface area contributed by atoms with Crippen LogP contribution < -0.4 is 0 Å². The molecule has 2 rings (SSSR count). The maximum absolute atomic E-state index is 12.3. The number of carbonyl (C=O) groups excluding carboxylic acids is 1. The Kier molecular flexibility index (Phi) is 4.65. The van der Waals surface area contributed by atoms with Crippen LogP contribution in [0.15, 0.2) is 12.4 Å². The van der Waals surface area contributed by atoms with Crippen LogP contribution in [0.2, 0.25) is 0 Å². The van der Waals surface area contributed by atoms with E-state index in [-0.39, 0.29) is 12.3 Å². The van der Waals surface area contributed by atoms with Gasteiger partial charge in [-0.15, -0.1) is 0 Å². The van der Waals surface area contributed by atoms with Crippen molar-refractivity contribution in [1.29, 1.82) is 0 Å². The highest BCUT2D eigenvalue weighted by Gasteiger charge is 2.54. The standard InChI is InChI=1S/C15H22N2O4/c1-3-17-10-11(9-16-17)8-15(13(18)19,14(20)21-2)12-6-4-5-7-12/h9-10,12H,3-8H2,1-2H3,(H,18,19). The molecule has 0 aliphatic heterocycles. The third-order valence-corrected chi connectivity index (χ3v) is 4.48. The Labute approximate surface area is 124 Å². The Hall–Kier alpha value is -1.85. The van der Waals surface area contributed by atoms with Gasteiger partial charge in [-0.1, -0.05) is 12.8 Å². The maximum atomic E-state index is 12.3. The fraction of sp³-hybridized carbons (Fsp3) is 0.667. The second-order valence-electron chi connectivity index (χ2n) is 5.63. The molecule has 0 spiro atoms. The number of aryl methyl sites for hydroxylation is 1. The van der Waals surface area contributed by atoms with Crippen molar-refractivity contribution in [3.05, 3.63) is 18.0 Å². The Morgan fingerprint density at radius 2 is 2.14 bits per heavy atom. The predicted molar refractivity (Wildman–Crippen MR) is 75.6 cm³/mol. The first kappa shape index (κ1) is 15.5. The van der Waals surface area contributed by atoms with Gasteiger partial charge in [0.05, 0.1) is 13.3 Å². The average Bonchev–Trinajstić information content (AvgIpc) is 3.14. The molecule has 1 heterocycles. The van der Waals surface area contributed by atoms with Gasteiger partial charge in [-0.25, -0.2) is 0 Å². The van der Waals surface area contributed by atoms with E-state index in [1.807, 2.05) is 6.92 Å². The lowest BCUT2D eigenvalue weighted by atomic mass is 9.70. The van der Waals surface area contributed by atoms with E-state index in [9.17, 15) is 14.7 Å². The molecule has 1 aliphatic rings. The number of ether oxygens (including phenoxy) is 1. The topological polar surface area (TPSA) is 81.4 Å². The monoisotopic (exact) mass is 294 g/mol. The Balaban J connectivity index is 2.37. The van der Waals surface area contributed by atoms with Crippen LogP contribution in [-0.2, 0) is 27.3 Å². The molecule has 1 unspecified atom stereocenters. The summed E-state index contributed by atoms with van der Waals surface area (Å²) in [4.78, 5) is 24.3.